The number of piperazine rings is 1. The Kier molecular flexibility index (Phi) is 14.2. The third-order valence-corrected chi connectivity index (χ3v) is 16.9. The number of rotatable bonds is 15. The van der Waals surface area contributed by atoms with Crippen molar-refractivity contribution in [1.29, 1.82) is 5.26 Å². The summed E-state index contributed by atoms with van der Waals surface area (Å²) >= 11 is 0. The van der Waals surface area contributed by atoms with E-state index < -0.39 is 48.5 Å². The fourth-order valence-electron chi connectivity index (χ4n) is 11.3. The van der Waals surface area contributed by atoms with Gasteiger partial charge in [-0.25, -0.2) is 26.9 Å². The van der Waals surface area contributed by atoms with Crippen LogP contribution in [0.15, 0.2) is 108 Å². The highest BCUT2D eigenvalue weighted by Crippen LogP contribution is 2.54. The maximum atomic E-state index is 16.6. The summed E-state index contributed by atoms with van der Waals surface area (Å²) in [5, 5.41) is 24.9. The minimum Gasteiger partial charge on any atom is -0.455 e. The number of carbonyl (C=O) groups excluding carboxylic acids is 1. The molecule has 1 saturated carbocycles. The van der Waals surface area contributed by atoms with E-state index in [1.54, 1.807) is 18.3 Å². The summed E-state index contributed by atoms with van der Waals surface area (Å²) in [7, 11) is -4.79. The Hall–Kier alpha value is -6.98. The number of halogens is 2. The number of H-pyrrole nitrogens is 1. The van der Waals surface area contributed by atoms with Crippen LogP contribution in [0.2, 0.25) is 0 Å². The first kappa shape index (κ1) is 50.5. The van der Waals surface area contributed by atoms with Gasteiger partial charge < -0.3 is 24.7 Å². The minimum atomic E-state index is -4.79. The van der Waals surface area contributed by atoms with Gasteiger partial charge in [0.1, 0.15) is 34.3 Å². The largest absolute Gasteiger partial charge is 0.455 e. The summed E-state index contributed by atoms with van der Waals surface area (Å²) in [4.78, 5) is 39.4. The molecule has 3 N–H and O–H groups in total. The number of nitro benzene ring substituents is 1. The molecule has 74 heavy (non-hydrogen) atoms. The molecule has 0 radical (unpaired) electrons. The number of nitriles is 1. The number of sulfonamides is 1. The van der Waals surface area contributed by atoms with Crippen molar-refractivity contribution in [1.82, 2.24) is 24.5 Å². The highest BCUT2D eigenvalue weighted by Gasteiger charge is 2.50. The Morgan fingerprint density at radius 3 is 2.49 bits per heavy atom. The summed E-state index contributed by atoms with van der Waals surface area (Å²) in [5.41, 5.74) is 2.56. The van der Waals surface area contributed by atoms with Gasteiger partial charge >= 0.3 is 0 Å². The van der Waals surface area contributed by atoms with Gasteiger partial charge in [0.05, 0.1) is 38.9 Å². The molecule has 0 bridgehead atoms. The summed E-state index contributed by atoms with van der Waals surface area (Å²) in [6.07, 6.45) is 7.01. The zero-order valence-corrected chi connectivity index (χ0v) is 42.2. The number of benzene rings is 4. The van der Waals surface area contributed by atoms with Crippen LogP contribution >= 0.6 is 0 Å². The zero-order valence-electron chi connectivity index (χ0n) is 41.4. The SMILES string of the molecule is CC(C)c1ccccc1[C@@H]1CN(Cc2ccc(C#N)cc2)CCN1C1CC2(CCN(c3cc(Oc4cnc5[nH]ccc5c4)c(C(=O)NS(=O)(=O)c4ccc(NCC5(F)CCOCC5)c([N+](=O)[O-])c4)cc3F)CC2)C1. The summed E-state index contributed by atoms with van der Waals surface area (Å²) in [6.45, 7) is 9.25. The minimum absolute atomic E-state index is 0.0775. The quantitative estimate of drug-likeness (QED) is 0.0649. The average molecular weight is 1030 g/mol. The number of fused-ring (bicyclic) bond motifs is 1. The van der Waals surface area contributed by atoms with Crippen molar-refractivity contribution >= 4 is 44.0 Å². The van der Waals surface area contributed by atoms with Gasteiger partial charge in [-0.15, -0.1) is 0 Å². The Labute approximate surface area is 428 Å². The molecule has 4 aliphatic rings. The van der Waals surface area contributed by atoms with Crippen molar-refractivity contribution in [3.8, 4) is 17.6 Å². The van der Waals surface area contributed by atoms with Gasteiger partial charge in [-0.1, -0.05) is 50.2 Å². The first-order valence-corrected chi connectivity index (χ1v) is 26.7. The monoisotopic (exact) mass is 1030 g/mol. The molecule has 1 amide bonds. The summed E-state index contributed by atoms with van der Waals surface area (Å²) < 4.78 is 72.9. The molecular weight excluding hydrogens is 969 g/mol. The lowest BCUT2D eigenvalue weighted by atomic mass is 9.59. The third-order valence-electron chi connectivity index (χ3n) is 15.5. The summed E-state index contributed by atoms with van der Waals surface area (Å²) in [5.74, 6) is -1.54. The normalized spacial score (nSPS) is 19.2. The molecule has 3 saturated heterocycles. The van der Waals surface area contributed by atoms with Crippen molar-refractivity contribution < 1.29 is 36.4 Å². The van der Waals surface area contributed by atoms with Gasteiger partial charge in [0.25, 0.3) is 21.6 Å². The number of carbonyl (C=O) groups is 1. The molecule has 10 rings (SSSR count). The Morgan fingerprint density at radius 2 is 1.76 bits per heavy atom. The number of piperidine rings is 1. The number of aromatic amines is 1. The summed E-state index contributed by atoms with van der Waals surface area (Å²) in [6, 6.07) is 28.3. The molecule has 386 valence electrons. The van der Waals surface area contributed by atoms with Crippen LogP contribution in [0.25, 0.3) is 11.0 Å². The van der Waals surface area contributed by atoms with Gasteiger partial charge in [0.15, 0.2) is 0 Å². The third kappa shape index (κ3) is 10.7. The Bertz CT molecular complexity index is 3220. The fourth-order valence-corrected chi connectivity index (χ4v) is 12.3. The molecule has 5 heterocycles. The van der Waals surface area contributed by atoms with Crippen molar-refractivity contribution in [3.63, 3.8) is 0 Å². The van der Waals surface area contributed by atoms with Crippen LogP contribution in [0.4, 0.5) is 25.8 Å². The highest BCUT2D eigenvalue weighted by molar-refractivity contribution is 7.90. The van der Waals surface area contributed by atoms with Crippen molar-refractivity contribution in [2.45, 2.75) is 87.5 Å². The van der Waals surface area contributed by atoms with E-state index in [1.165, 1.54) is 29.0 Å². The second kappa shape index (κ2) is 20.7. The van der Waals surface area contributed by atoms with E-state index in [0.29, 0.717) is 41.6 Å². The molecule has 2 aromatic heterocycles. The molecule has 1 atom stereocenters. The lowest BCUT2D eigenvalue weighted by Gasteiger charge is -2.58. The zero-order chi connectivity index (χ0) is 51.8. The molecule has 1 aliphatic carbocycles. The maximum absolute atomic E-state index is 16.6. The van der Waals surface area contributed by atoms with Crippen LogP contribution in [0.1, 0.15) is 96.9 Å². The van der Waals surface area contributed by atoms with E-state index in [4.69, 9.17) is 9.47 Å². The number of hydrogen-bond donors (Lipinski definition) is 3. The van der Waals surface area contributed by atoms with Crippen LogP contribution in [0, 0.1) is 32.7 Å². The van der Waals surface area contributed by atoms with E-state index >= 15 is 8.78 Å². The smallest absolute Gasteiger partial charge is 0.293 e. The van der Waals surface area contributed by atoms with Crippen molar-refractivity contribution in [2.75, 3.05) is 62.7 Å². The number of ether oxygens (including phenoxy) is 2. The number of pyridine rings is 1. The predicted molar refractivity (Wildman–Crippen MR) is 276 cm³/mol. The molecule has 6 aromatic rings. The maximum Gasteiger partial charge on any atom is 0.293 e. The molecule has 4 aromatic carbocycles. The van der Waals surface area contributed by atoms with Gasteiger partial charge in [0, 0.05) is 108 Å². The number of nitrogens with zero attached hydrogens (tertiary/aromatic N) is 6. The topological polar surface area (TPSA) is 199 Å². The molecule has 19 heteroatoms. The van der Waals surface area contributed by atoms with Crippen molar-refractivity contribution in [3.05, 3.63) is 147 Å². The van der Waals surface area contributed by atoms with Gasteiger partial charge in [0.2, 0.25) is 0 Å². The lowest BCUT2D eigenvalue weighted by Crippen LogP contribution is -2.60. The number of aromatic nitrogens is 2. The second-order valence-corrected chi connectivity index (χ2v) is 22.3. The molecule has 0 unspecified atom stereocenters. The highest BCUT2D eigenvalue weighted by atomic mass is 32.2. The van der Waals surface area contributed by atoms with Crippen LogP contribution in [0.3, 0.4) is 0 Å². The Balaban J connectivity index is 0.852. The number of hydrogen-bond acceptors (Lipinski definition) is 13. The number of amides is 1. The number of nitro groups is 1. The van der Waals surface area contributed by atoms with Gasteiger partial charge in [-0.3, -0.25) is 24.7 Å². The fraction of sp³-hybridized carbons (Fsp3) is 0.400. The van der Waals surface area contributed by atoms with Crippen molar-refractivity contribution in [2.24, 2.45) is 5.41 Å². The van der Waals surface area contributed by atoms with Crippen LogP contribution in [0.5, 0.6) is 11.5 Å². The van der Waals surface area contributed by atoms with Gasteiger partial charge in [-0.2, -0.15) is 5.26 Å². The van der Waals surface area contributed by atoms with Crippen LogP contribution in [-0.4, -0.2) is 103 Å². The van der Waals surface area contributed by atoms with Gasteiger partial charge in [-0.05, 0) is 96.2 Å². The van der Waals surface area contributed by atoms with E-state index in [2.05, 4.69) is 69.3 Å². The van der Waals surface area contributed by atoms with Crippen LogP contribution < -0.4 is 19.7 Å². The van der Waals surface area contributed by atoms with E-state index in [9.17, 15) is 28.6 Å². The molecule has 1 spiro atoms. The number of alkyl halides is 1. The predicted octanol–water partition coefficient (Wildman–Crippen LogP) is 9.75. The first-order chi connectivity index (χ1) is 35.6. The molecule has 3 aliphatic heterocycles. The van der Waals surface area contributed by atoms with E-state index in [-0.39, 0.29) is 66.9 Å². The Morgan fingerprint density at radius 1 is 1.00 bits per heavy atom. The van der Waals surface area contributed by atoms with E-state index in [0.717, 1.165) is 76.1 Å². The average Bonchev–Trinajstić information content (AvgIpc) is 3.86. The molecule has 4 fully saturated rings. The first-order valence-electron chi connectivity index (χ1n) is 25.2. The lowest BCUT2D eigenvalue weighted by molar-refractivity contribution is -0.384. The number of nitrogens with one attached hydrogen (secondary N) is 3. The second-order valence-electron chi connectivity index (χ2n) is 20.6. The molecule has 16 nitrogen and oxygen atoms in total. The van der Waals surface area contributed by atoms with E-state index in [1.807, 2.05) is 33.9 Å². The number of anilines is 2. The molecular formula is C55H59F2N9O7S. The standard InChI is InChI=1S/C55H59F2N9O7S/c1-36(2)43-5-3-4-6-44(43)50-34-63(33-38-9-7-37(31-58)8-10-38)21-22-65(50)40-29-54(30-40)14-19-64(20-15-54)48-28-51(73-41-25-39-13-18-59-52(39)60-32-41)45(27-46(48)56)53(67)62-74(70,71)42-11-12-47(49(26-42)66(68)69)61-35-55(57)16-23-72-24-17-55/h3-13,18,25-28,32,36,40,50,61H,14-17,19-24,29-30,33-35H2,1-2H3,(H,59,60)(H,62,67)/t50-/m0/s1. The van der Waals surface area contributed by atoms with Crippen LogP contribution in [-0.2, 0) is 21.3 Å².